The molecule has 1 aliphatic heterocycles. The third kappa shape index (κ3) is 2.70. The topological polar surface area (TPSA) is 75.0 Å². The van der Waals surface area contributed by atoms with Crippen LogP contribution in [0.1, 0.15) is 23.8 Å². The summed E-state index contributed by atoms with van der Waals surface area (Å²) in [4.78, 5) is 27.0. The van der Waals surface area contributed by atoms with Gasteiger partial charge in [-0.15, -0.1) is 0 Å². The van der Waals surface area contributed by atoms with Gasteiger partial charge < -0.3 is 9.32 Å². The number of pyridine rings is 1. The van der Waals surface area contributed by atoms with Crippen molar-refractivity contribution in [1.82, 2.24) is 15.0 Å². The number of hydrogen-bond donors (Lipinski definition) is 1. The number of fused-ring (bicyclic) bond motifs is 2. The molecule has 0 saturated heterocycles. The lowest BCUT2D eigenvalue weighted by atomic mass is 10.1. The largest absolute Gasteiger partial charge is 0.465 e. The highest BCUT2D eigenvalue weighted by molar-refractivity contribution is 5.88. The summed E-state index contributed by atoms with van der Waals surface area (Å²) in [6.45, 7) is 2.13. The summed E-state index contributed by atoms with van der Waals surface area (Å²) in [5.74, 6) is 1.24. The molecule has 138 valence electrons. The molecule has 0 aliphatic carbocycles. The fourth-order valence-corrected chi connectivity index (χ4v) is 3.77. The molecule has 1 aliphatic rings. The van der Waals surface area contributed by atoms with Gasteiger partial charge in [0.25, 0.3) is 5.56 Å². The number of rotatable bonds is 3. The van der Waals surface area contributed by atoms with Gasteiger partial charge in [-0.1, -0.05) is 24.3 Å². The van der Waals surface area contributed by atoms with E-state index in [0.717, 1.165) is 17.7 Å². The van der Waals surface area contributed by atoms with Gasteiger partial charge in [-0.3, -0.25) is 9.78 Å². The minimum absolute atomic E-state index is 0.205. The summed E-state index contributed by atoms with van der Waals surface area (Å²) in [7, 11) is 0. The average Bonchev–Trinajstić information content (AvgIpc) is 3.32. The van der Waals surface area contributed by atoms with E-state index in [-0.39, 0.29) is 11.6 Å². The summed E-state index contributed by atoms with van der Waals surface area (Å²) < 4.78 is 5.32. The van der Waals surface area contributed by atoms with Gasteiger partial charge in [-0.25, -0.2) is 4.98 Å². The molecule has 0 saturated carbocycles. The Hall–Kier alpha value is -3.67. The van der Waals surface area contributed by atoms with Crippen LogP contribution in [-0.2, 0) is 6.42 Å². The number of furan rings is 1. The number of hydrogen-bond acceptors (Lipinski definition) is 5. The van der Waals surface area contributed by atoms with Crippen LogP contribution in [0.4, 0.5) is 11.6 Å². The van der Waals surface area contributed by atoms with Crippen LogP contribution < -0.4 is 10.5 Å². The van der Waals surface area contributed by atoms with Crippen molar-refractivity contribution in [2.45, 2.75) is 19.4 Å². The number of H-pyrrole nitrogens is 1. The lowest BCUT2D eigenvalue weighted by molar-refractivity contribution is 0.557. The fraction of sp³-hybridized carbons (Fsp3) is 0.136. The highest BCUT2D eigenvalue weighted by Gasteiger charge is 2.28. The van der Waals surface area contributed by atoms with Gasteiger partial charge in [-0.05, 0) is 54.8 Å². The van der Waals surface area contributed by atoms with E-state index in [1.165, 1.54) is 5.56 Å². The first-order valence-corrected chi connectivity index (χ1v) is 9.18. The molecule has 1 atom stereocenters. The number of anilines is 2. The number of aromatic nitrogens is 3. The first-order valence-electron chi connectivity index (χ1n) is 9.18. The van der Waals surface area contributed by atoms with E-state index < -0.39 is 0 Å². The van der Waals surface area contributed by atoms with Crippen molar-refractivity contribution < 1.29 is 4.42 Å². The molecule has 0 amide bonds. The van der Waals surface area contributed by atoms with E-state index in [1.807, 2.05) is 36.4 Å². The maximum absolute atomic E-state index is 12.9. The normalized spacial score (nSPS) is 16.2. The van der Waals surface area contributed by atoms with Crippen molar-refractivity contribution in [3.05, 3.63) is 82.2 Å². The van der Waals surface area contributed by atoms with Crippen LogP contribution in [0.2, 0.25) is 0 Å². The van der Waals surface area contributed by atoms with Gasteiger partial charge in [-0.2, -0.15) is 4.98 Å². The lowest BCUT2D eigenvalue weighted by Gasteiger charge is -2.23. The maximum Gasteiger partial charge on any atom is 0.262 e. The van der Waals surface area contributed by atoms with Gasteiger partial charge in [0, 0.05) is 17.9 Å². The zero-order valence-electron chi connectivity index (χ0n) is 15.3. The van der Waals surface area contributed by atoms with E-state index in [9.17, 15) is 4.79 Å². The standard InChI is InChI=1S/C22H18N4O2/c1-14-13-16-5-2-3-7-18(16)26(14)22-24-20-19(21(27)25-22)15(10-11-23-20)8-9-17-6-4-12-28-17/h2-12,14H,13H2,1H3,(H,23,24,25,27)/b9-8+. The van der Waals surface area contributed by atoms with Gasteiger partial charge in [0.05, 0.1) is 11.6 Å². The molecule has 6 nitrogen and oxygen atoms in total. The smallest absolute Gasteiger partial charge is 0.262 e. The molecule has 0 bridgehead atoms. The fourth-order valence-electron chi connectivity index (χ4n) is 3.77. The predicted molar refractivity (Wildman–Crippen MR) is 110 cm³/mol. The minimum Gasteiger partial charge on any atom is -0.465 e. The Bertz CT molecular complexity index is 1240. The SMILES string of the molecule is CC1Cc2ccccc2N1c1nc2nccc(/C=C/c3ccco3)c2c(=O)[nH]1. The Balaban J connectivity index is 1.62. The van der Waals surface area contributed by atoms with Gasteiger partial charge in [0.15, 0.2) is 5.65 Å². The molecular weight excluding hydrogens is 352 g/mol. The average molecular weight is 370 g/mol. The molecule has 1 unspecified atom stereocenters. The van der Waals surface area contributed by atoms with Crippen molar-refractivity contribution in [1.29, 1.82) is 0 Å². The Morgan fingerprint density at radius 3 is 2.93 bits per heavy atom. The van der Waals surface area contributed by atoms with Crippen LogP contribution in [0.3, 0.4) is 0 Å². The summed E-state index contributed by atoms with van der Waals surface area (Å²) in [5.41, 5.74) is 3.30. The van der Waals surface area contributed by atoms with Gasteiger partial charge >= 0.3 is 0 Å². The second-order valence-corrected chi connectivity index (χ2v) is 6.89. The zero-order valence-corrected chi connectivity index (χ0v) is 15.3. The molecule has 1 N–H and O–H groups in total. The highest BCUT2D eigenvalue weighted by Crippen LogP contribution is 2.36. The third-order valence-corrected chi connectivity index (χ3v) is 5.03. The van der Waals surface area contributed by atoms with Crippen molar-refractivity contribution in [2.24, 2.45) is 0 Å². The molecule has 5 rings (SSSR count). The molecule has 28 heavy (non-hydrogen) atoms. The van der Waals surface area contributed by atoms with Gasteiger partial charge in [0.1, 0.15) is 5.76 Å². The number of aromatic amines is 1. The first-order chi connectivity index (χ1) is 13.7. The molecule has 6 heteroatoms. The van der Waals surface area contributed by atoms with Crippen LogP contribution in [-0.4, -0.2) is 21.0 Å². The molecule has 0 spiro atoms. The molecule has 4 aromatic rings. The summed E-state index contributed by atoms with van der Waals surface area (Å²) in [5, 5.41) is 0.467. The highest BCUT2D eigenvalue weighted by atomic mass is 16.3. The molecule has 0 fully saturated rings. The molecule has 4 heterocycles. The summed E-state index contributed by atoms with van der Waals surface area (Å²) in [6.07, 6.45) is 7.85. The van der Waals surface area contributed by atoms with Crippen molar-refractivity contribution in [3.8, 4) is 0 Å². The lowest BCUT2D eigenvalue weighted by Crippen LogP contribution is -2.28. The van der Waals surface area contributed by atoms with Crippen LogP contribution in [0.5, 0.6) is 0 Å². The second-order valence-electron chi connectivity index (χ2n) is 6.89. The van der Waals surface area contributed by atoms with Crippen LogP contribution in [0.15, 0.2) is 64.1 Å². The minimum atomic E-state index is -0.205. The molecule has 1 aromatic carbocycles. The van der Waals surface area contributed by atoms with E-state index in [1.54, 1.807) is 18.5 Å². The Kier molecular flexibility index (Phi) is 3.83. The van der Waals surface area contributed by atoms with E-state index in [4.69, 9.17) is 4.42 Å². The number of benzene rings is 1. The van der Waals surface area contributed by atoms with Crippen LogP contribution >= 0.6 is 0 Å². The monoisotopic (exact) mass is 370 g/mol. The third-order valence-electron chi connectivity index (χ3n) is 5.03. The van der Waals surface area contributed by atoms with Gasteiger partial charge in [0.2, 0.25) is 5.95 Å². The molecular formula is C22H18N4O2. The zero-order chi connectivity index (χ0) is 19.1. The van der Waals surface area contributed by atoms with Crippen LogP contribution in [0, 0.1) is 0 Å². The second kappa shape index (κ2) is 6.49. The summed E-state index contributed by atoms with van der Waals surface area (Å²) in [6, 6.07) is 13.9. The van der Waals surface area contributed by atoms with E-state index >= 15 is 0 Å². The summed E-state index contributed by atoms with van der Waals surface area (Å²) >= 11 is 0. The van der Waals surface area contributed by atoms with Crippen molar-refractivity contribution in [2.75, 3.05) is 4.90 Å². The maximum atomic E-state index is 12.9. The number of nitrogens with one attached hydrogen (secondary N) is 1. The predicted octanol–water partition coefficient (Wildman–Crippen LogP) is 4.16. The van der Waals surface area contributed by atoms with Crippen LogP contribution in [0.25, 0.3) is 23.2 Å². The Morgan fingerprint density at radius 2 is 2.07 bits per heavy atom. The quantitative estimate of drug-likeness (QED) is 0.586. The number of para-hydroxylation sites is 1. The number of nitrogens with zero attached hydrogens (tertiary/aromatic N) is 3. The Labute approximate surface area is 161 Å². The van der Waals surface area contributed by atoms with E-state index in [2.05, 4.69) is 38.9 Å². The van der Waals surface area contributed by atoms with E-state index in [0.29, 0.717) is 22.7 Å². The molecule has 3 aromatic heterocycles. The Morgan fingerprint density at radius 1 is 1.18 bits per heavy atom. The van der Waals surface area contributed by atoms with Crippen molar-refractivity contribution >= 4 is 34.8 Å². The molecule has 0 radical (unpaired) electrons. The van der Waals surface area contributed by atoms with Crippen molar-refractivity contribution in [3.63, 3.8) is 0 Å². The first kappa shape index (κ1) is 16.5.